The first-order chi connectivity index (χ1) is 5.90. The number of hydrogen-bond donors (Lipinski definition) is 0. The number of rotatable bonds is 4. The third kappa shape index (κ3) is 1.68. The second-order valence-corrected chi connectivity index (χ2v) is 3.70. The van der Waals surface area contributed by atoms with Gasteiger partial charge in [-0.15, -0.1) is 0 Å². The Morgan fingerprint density at radius 1 is 1.58 bits per heavy atom. The highest BCUT2D eigenvalue weighted by molar-refractivity contribution is 5.01. The zero-order valence-corrected chi connectivity index (χ0v) is 7.66. The topological polar surface area (TPSA) is 17.8 Å². The predicted molar refractivity (Wildman–Crippen MR) is 48.9 cm³/mol. The molecule has 0 bridgehead atoms. The lowest BCUT2D eigenvalue weighted by atomic mass is 10.2. The van der Waals surface area contributed by atoms with Crippen molar-refractivity contribution < 1.29 is 0 Å². The molecule has 12 heavy (non-hydrogen) atoms. The number of hydrogen-bond acceptors (Lipinski definition) is 1. The van der Waals surface area contributed by atoms with Gasteiger partial charge in [0.25, 0.3) is 0 Å². The highest BCUT2D eigenvalue weighted by atomic mass is 15.3. The molecule has 1 fully saturated rings. The molecule has 0 atom stereocenters. The van der Waals surface area contributed by atoms with Crippen LogP contribution >= 0.6 is 0 Å². The Balaban J connectivity index is 2.01. The lowest BCUT2D eigenvalue weighted by molar-refractivity contribution is 0.537. The van der Waals surface area contributed by atoms with Gasteiger partial charge in [0.05, 0.1) is 0 Å². The molecule has 1 heterocycles. The fourth-order valence-electron chi connectivity index (χ4n) is 1.54. The van der Waals surface area contributed by atoms with E-state index < -0.39 is 0 Å². The molecule has 0 radical (unpaired) electrons. The molecular weight excluding hydrogens is 148 g/mol. The van der Waals surface area contributed by atoms with Gasteiger partial charge >= 0.3 is 0 Å². The Kier molecular flexibility index (Phi) is 2.15. The summed E-state index contributed by atoms with van der Waals surface area (Å²) >= 11 is 0. The van der Waals surface area contributed by atoms with Crippen molar-refractivity contribution in [2.24, 2.45) is 5.92 Å². The first-order valence-electron chi connectivity index (χ1n) is 4.91. The van der Waals surface area contributed by atoms with E-state index in [0.717, 1.165) is 12.5 Å². The molecule has 1 aliphatic carbocycles. The Morgan fingerprint density at radius 3 is 3.08 bits per heavy atom. The maximum atomic E-state index is 4.33. The number of aromatic nitrogens is 2. The van der Waals surface area contributed by atoms with Crippen LogP contribution in [0.1, 0.15) is 31.9 Å². The highest BCUT2D eigenvalue weighted by Crippen LogP contribution is 2.30. The molecule has 1 saturated carbocycles. The maximum Gasteiger partial charge on any atom is 0.0492 e. The van der Waals surface area contributed by atoms with Gasteiger partial charge in [0.1, 0.15) is 0 Å². The van der Waals surface area contributed by atoms with E-state index in [4.69, 9.17) is 0 Å². The van der Waals surface area contributed by atoms with Gasteiger partial charge in [0.15, 0.2) is 0 Å². The van der Waals surface area contributed by atoms with Crippen molar-refractivity contribution in [1.29, 1.82) is 0 Å². The van der Waals surface area contributed by atoms with Crippen LogP contribution in [-0.2, 0) is 13.0 Å². The summed E-state index contributed by atoms with van der Waals surface area (Å²) in [5, 5.41) is 4.33. The van der Waals surface area contributed by atoms with Crippen LogP contribution in [-0.4, -0.2) is 9.78 Å². The third-order valence-corrected chi connectivity index (χ3v) is 2.44. The third-order valence-electron chi connectivity index (χ3n) is 2.44. The SMILES string of the molecule is CCCc1ccnn1CC1CC1. The Labute approximate surface area is 73.6 Å². The number of aryl methyl sites for hydroxylation is 1. The van der Waals surface area contributed by atoms with E-state index in [0.29, 0.717) is 0 Å². The van der Waals surface area contributed by atoms with Crippen molar-refractivity contribution in [1.82, 2.24) is 9.78 Å². The van der Waals surface area contributed by atoms with E-state index in [1.54, 1.807) is 0 Å². The predicted octanol–water partition coefficient (Wildman–Crippen LogP) is 2.25. The number of nitrogens with zero attached hydrogens (tertiary/aromatic N) is 2. The van der Waals surface area contributed by atoms with Crippen LogP contribution in [0, 0.1) is 5.92 Å². The molecule has 0 N–H and O–H groups in total. The molecule has 1 aromatic rings. The molecule has 0 aliphatic heterocycles. The lowest BCUT2D eigenvalue weighted by Crippen LogP contribution is -2.05. The first-order valence-corrected chi connectivity index (χ1v) is 4.91. The van der Waals surface area contributed by atoms with Gasteiger partial charge in [-0.05, 0) is 31.2 Å². The van der Waals surface area contributed by atoms with Crippen LogP contribution in [0.4, 0.5) is 0 Å². The van der Waals surface area contributed by atoms with Gasteiger partial charge in [0.2, 0.25) is 0 Å². The summed E-state index contributed by atoms with van der Waals surface area (Å²) in [5.74, 6) is 0.931. The standard InChI is InChI=1S/C10H16N2/c1-2-3-10-6-7-11-12(10)8-9-4-5-9/h6-7,9H,2-5,8H2,1H3. The first kappa shape index (κ1) is 7.84. The van der Waals surface area contributed by atoms with Crippen molar-refractivity contribution in [3.63, 3.8) is 0 Å². The molecule has 2 rings (SSSR count). The van der Waals surface area contributed by atoms with Crippen LogP contribution < -0.4 is 0 Å². The van der Waals surface area contributed by atoms with E-state index in [1.807, 2.05) is 6.20 Å². The van der Waals surface area contributed by atoms with E-state index >= 15 is 0 Å². The second kappa shape index (κ2) is 3.30. The van der Waals surface area contributed by atoms with Crippen molar-refractivity contribution in [2.45, 2.75) is 39.2 Å². The van der Waals surface area contributed by atoms with Gasteiger partial charge in [-0.25, -0.2) is 0 Å². The Bertz CT molecular complexity index is 248. The maximum absolute atomic E-state index is 4.33. The molecule has 0 spiro atoms. The quantitative estimate of drug-likeness (QED) is 0.667. The van der Waals surface area contributed by atoms with E-state index in [-0.39, 0.29) is 0 Å². The molecular formula is C10H16N2. The van der Waals surface area contributed by atoms with Crippen molar-refractivity contribution >= 4 is 0 Å². The molecule has 66 valence electrons. The zero-order chi connectivity index (χ0) is 8.39. The van der Waals surface area contributed by atoms with Crippen LogP contribution in [0.15, 0.2) is 12.3 Å². The second-order valence-electron chi connectivity index (χ2n) is 3.70. The average Bonchev–Trinajstić information content (AvgIpc) is 2.76. The van der Waals surface area contributed by atoms with Crippen LogP contribution in [0.3, 0.4) is 0 Å². The minimum Gasteiger partial charge on any atom is -0.269 e. The zero-order valence-electron chi connectivity index (χ0n) is 7.66. The molecule has 0 unspecified atom stereocenters. The molecule has 0 saturated heterocycles. The van der Waals surface area contributed by atoms with Gasteiger partial charge < -0.3 is 0 Å². The molecule has 2 nitrogen and oxygen atoms in total. The van der Waals surface area contributed by atoms with E-state index in [2.05, 4.69) is 22.8 Å². The van der Waals surface area contributed by atoms with E-state index in [1.165, 1.54) is 31.4 Å². The van der Waals surface area contributed by atoms with Gasteiger partial charge in [-0.1, -0.05) is 13.3 Å². The summed E-state index contributed by atoms with van der Waals surface area (Å²) in [6, 6.07) is 2.14. The summed E-state index contributed by atoms with van der Waals surface area (Å²) in [4.78, 5) is 0. The monoisotopic (exact) mass is 164 g/mol. The smallest absolute Gasteiger partial charge is 0.0492 e. The average molecular weight is 164 g/mol. The summed E-state index contributed by atoms with van der Waals surface area (Å²) in [6.45, 7) is 3.37. The molecule has 2 heteroatoms. The normalized spacial score (nSPS) is 16.8. The molecule has 1 aromatic heterocycles. The molecule has 0 aromatic carbocycles. The summed E-state index contributed by atoms with van der Waals surface area (Å²) < 4.78 is 2.18. The lowest BCUT2D eigenvalue weighted by Gasteiger charge is -2.04. The van der Waals surface area contributed by atoms with Gasteiger partial charge in [0, 0.05) is 18.4 Å². The van der Waals surface area contributed by atoms with Gasteiger partial charge in [-0.3, -0.25) is 4.68 Å². The molecule has 1 aliphatic rings. The molecule has 0 amide bonds. The minimum atomic E-state index is 0.931. The van der Waals surface area contributed by atoms with Crippen LogP contribution in [0.2, 0.25) is 0 Å². The van der Waals surface area contributed by atoms with Crippen LogP contribution in [0.25, 0.3) is 0 Å². The Morgan fingerprint density at radius 2 is 2.42 bits per heavy atom. The van der Waals surface area contributed by atoms with Crippen molar-refractivity contribution in [3.05, 3.63) is 18.0 Å². The largest absolute Gasteiger partial charge is 0.269 e. The van der Waals surface area contributed by atoms with Gasteiger partial charge in [-0.2, -0.15) is 5.10 Å². The highest BCUT2D eigenvalue weighted by Gasteiger charge is 2.22. The fraction of sp³-hybridized carbons (Fsp3) is 0.700. The van der Waals surface area contributed by atoms with Crippen molar-refractivity contribution in [2.75, 3.05) is 0 Å². The minimum absolute atomic E-state index is 0.931. The summed E-state index contributed by atoms with van der Waals surface area (Å²) in [5.41, 5.74) is 1.41. The summed E-state index contributed by atoms with van der Waals surface area (Å²) in [6.07, 6.45) is 7.13. The summed E-state index contributed by atoms with van der Waals surface area (Å²) in [7, 11) is 0. The van der Waals surface area contributed by atoms with Crippen LogP contribution in [0.5, 0.6) is 0 Å². The Hall–Kier alpha value is -0.790. The fourth-order valence-corrected chi connectivity index (χ4v) is 1.54. The van der Waals surface area contributed by atoms with E-state index in [9.17, 15) is 0 Å². The van der Waals surface area contributed by atoms with Crippen molar-refractivity contribution in [3.8, 4) is 0 Å².